The lowest BCUT2D eigenvalue weighted by atomic mass is 10.2. The molecule has 0 N–H and O–H groups in total. The number of hydrogen-bond acceptors (Lipinski definition) is 3. The topological polar surface area (TPSA) is 28.5 Å². The molecule has 134 valence electrons. The normalized spacial score (nSPS) is 12.4. The minimum Gasteiger partial charge on any atom is -0.362 e. The fourth-order valence-corrected chi connectivity index (χ4v) is 3.21. The highest BCUT2D eigenvalue weighted by atomic mass is 35.5. The smallest absolute Gasteiger partial charge is 0.362 e. The first-order chi connectivity index (χ1) is 11.7. The predicted molar refractivity (Wildman–Crippen MR) is 97.4 cm³/mol. The van der Waals surface area contributed by atoms with Crippen LogP contribution in [0.2, 0.25) is 10.0 Å². The number of aromatic nitrogens is 1. The molecule has 0 fully saturated rings. The second-order valence-electron chi connectivity index (χ2n) is 5.21. The van der Waals surface area contributed by atoms with Crippen molar-refractivity contribution in [3.8, 4) is 0 Å². The highest BCUT2D eigenvalue weighted by Crippen LogP contribution is 2.38. The molecule has 0 aliphatic carbocycles. The molecular weight excluding hydrogens is 394 g/mol. The third-order valence-corrected chi connectivity index (χ3v) is 4.81. The zero-order valence-electron chi connectivity index (χ0n) is 13.3. The molecule has 2 aromatic rings. The number of nitrogens with zero attached hydrogens (tertiary/aromatic N) is 3. The summed E-state index contributed by atoms with van der Waals surface area (Å²) >= 11 is 12.8. The number of thioether (sulfide) groups is 1. The molecule has 25 heavy (non-hydrogen) atoms. The second-order valence-corrected chi connectivity index (χ2v) is 7.04. The molecule has 0 unspecified atom stereocenters. The van der Waals surface area contributed by atoms with E-state index >= 15 is 0 Å². The van der Waals surface area contributed by atoms with Gasteiger partial charge in [0.05, 0.1) is 21.5 Å². The molecule has 0 saturated carbocycles. The van der Waals surface area contributed by atoms with Crippen molar-refractivity contribution in [3.63, 3.8) is 0 Å². The van der Waals surface area contributed by atoms with Crippen molar-refractivity contribution in [2.75, 3.05) is 19.8 Å². The average molecular weight is 408 g/mol. The Morgan fingerprint density at radius 1 is 1.24 bits per heavy atom. The molecule has 0 atom stereocenters. The number of benzene rings is 1. The van der Waals surface area contributed by atoms with E-state index in [0.717, 1.165) is 5.56 Å². The lowest BCUT2D eigenvalue weighted by Gasteiger charge is -2.16. The Balaban J connectivity index is 2.43. The number of amidine groups is 1. The van der Waals surface area contributed by atoms with Crippen molar-refractivity contribution in [3.05, 3.63) is 52.3 Å². The maximum atomic E-state index is 12.5. The Morgan fingerprint density at radius 3 is 2.52 bits per heavy atom. The van der Waals surface area contributed by atoms with Gasteiger partial charge in [0.2, 0.25) is 0 Å². The van der Waals surface area contributed by atoms with Gasteiger partial charge in [0.25, 0.3) is 0 Å². The Kier molecular flexibility index (Phi) is 6.59. The quantitative estimate of drug-likeness (QED) is 0.370. The molecule has 0 aliphatic heterocycles. The standard InChI is InChI=1S/C16H14Cl2F3N3S/c1-24(2)15(10-4-3-5-22-8-10)23-13-7-14(12(18)6-11(13)17)25-9-16(19,20)21/h3-8H,9H2,1-2H3/b23-15-. The van der Waals surface area contributed by atoms with Crippen LogP contribution in [0.4, 0.5) is 18.9 Å². The van der Waals surface area contributed by atoms with Crippen LogP contribution in [0, 0.1) is 0 Å². The molecule has 0 bridgehead atoms. The Morgan fingerprint density at radius 2 is 1.96 bits per heavy atom. The highest BCUT2D eigenvalue weighted by molar-refractivity contribution is 7.99. The number of aliphatic imine (C=N–C) groups is 1. The fourth-order valence-electron chi connectivity index (χ4n) is 1.91. The van der Waals surface area contributed by atoms with Gasteiger partial charge in [-0.25, -0.2) is 4.99 Å². The molecule has 3 nitrogen and oxygen atoms in total. The van der Waals surface area contributed by atoms with E-state index in [-0.39, 0.29) is 14.9 Å². The van der Waals surface area contributed by atoms with Crippen LogP contribution in [0.1, 0.15) is 5.56 Å². The lowest BCUT2D eigenvalue weighted by Crippen LogP contribution is -2.22. The summed E-state index contributed by atoms with van der Waals surface area (Å²) in [7, 11) is 3.60. The van der Waals surface area contributed by atoms with Crippen LogP contribution in [0.5, 0.6) is 0 Å². The van der Waals surface area contributed by atoms with Crippen molar-refractivity contribution in [2.45, 2.75) is 11.1 Å². The van der Waals surface area contributed by atoms with Gasteiger partial charge in [-0.2, -0.15) is 13.2 Å². The SMILES string of the molecule is CN(C)/C(=N\c1cc(SCC(F)(F)F)c(Cl)cc1Cl)c1cccnc1. The average Bonchev–Trinajstić information content (AvgIpc) is 2.52. The molecule has 2 rings (SSSR count). The molecular formula is C16H14Cl2F3N3S. The molecule has 0 amide bonds. The Labute approximate surface area is 157 Å². The number of halogens is 5. The van der Waals surface area contributed by atoms with Gasteiger partial charge in [-0.1, -0.05) is 23.2 Å². The first kappa shape index (κ1) is 19.9. The van der Waals surface area contributed by atoms with E-state index in [1.165, 1.54) is 12.1 Å². The van der Waals surface area contributed by atoms with Crippen LogP contribution in [-0.2, 0) is 0 Å². The van der Waals surface area contributed by atoms with E-state index in [1.807, 2.05) is 6.07 Å². The summed E-state index contributed by atoms with van der Waals surface area (Å²) in [5.74, 6) is -0.468. The highest BCUT2D eigenvalue weighted by Gasteiger charge is 2.28. The zero-order valence-corrected chi connectivity index (χ0v) is 15.6. The molecule has 0 saturated heterocycles. The molecule has 0 aliphatic rings. The third-order valence-electron chi connectivity index (χ3n) is 2.96. The lowest BCUT2D eigenvalue weighted by molar-refractivity contribution is -0.105. The largest absolute Gasteiger partial charge is 0.398 e. The van der Waals surface area contributed by atoms with Crippen LogP contribution in [0.3, 0.4) is 0 Å². The van der Waals surface area contributed by atoms with E-state index in [2.05, 4.69) is 9.98 Å². The monoisotopic (exact) mass is 407 g/mol. The summed E-state index contributed by atoms with van der Waals surface area (Å²) < 4.78 is 37.4. The van der Waals surface area contributed by atoms with Gasteiger partial charge in [-0.15, -0.1) is 11.8 Å². The molecule has 1 aromatic heterocycles. The fraction of sp³-hybridized carbons (Fsp3) is 0.250. The number of alkyl halides is 3. The van der Waals surface area contributed by atoms with Crippen LogP contribution in [0.15, 0.2) is 46.5 Å². The molecule has 1 heterocycles. The molecule has 0 spiro atoms. The summed E-state index contributed by atoms with van der Waals surface area (Å²) in [6.45, 7) is 0. The number of rotatable bonds is 4. The van der Waals surface area contributed by atoms with Crippen LogP contribution < -0.4 is 0 Å². The van der Waals surface area contributed by atoms with E-state index in [4.69, 9.17) is 23.2 Å². The van der Waals surface area contributed by atoms with Crippen LogP contribution in [0.25, 0.3) is 0 Å². The summed E-state index contributed by atoms with van der Waals surface area (Å²) in [4.78, 5) is 10.6. The minimum absolute atomic E-state index is 0.158. The summed E-state index contributed by atoms with van der Waals surface area (Å²) in [6, 6.07) is 6.45. The van der Waals surface area contributed by atoms with Gasteiger partial charge in [-0.3, -0.25) is 4.98 Å². The predicted octanol–water partition coefficient (Wildman–Crippen LogP) is 5.68. The van der Waals surface area contributed by atoms with E-state index < -0.39 is 11.9 Å². The first-order valence-corrected chi connectivity index (χ1v) is 8.76. The maximum absolute atomic E-state index is 12.5. The Hall–Kier alpha value is -1.44. The van der Waals surface area contributed by atoms with E-state index in [0.29, 0.717) is 23.3 Å². The van der Waals surface area contributed by atoms with E-state index in [9.17, 15) is 13.2 Å². The Bertz CT molecular complexity index is 765. The zero-order chi connectivity index (χ0) is 18.6. The van der Waals surface area contributed by atoms with Gasteiger partial charge in [0.1, 0.15) is 5.84 Å². The van der Waals surface area contributed by atoms with Crippen molar-refractivity contribution in [1.29, 1.82) is 0 Å². The van der Waals surface area contributed by atoms with Crippen LogP contribution >= 0.6 is 35.0 Å². The maximum Gasteiger partial charge on any atom is 0.398 e. The molecule has 0 radical (unpaired) electrons. The van der Waals surface area contributed by atoms with E-state index in [1.54, 1.807) is 37.5 Å². The third kappa shape index (κ3) is 5.80. The minimum atomic E-state index is -4.29. The summed E-state index contributed by atoms with van der Waals surface area (Å²) in [5.41, 5.74) is 1.09. The van der Waals surface area contributed by atoms with Gasteiger partial charge < -0.3 is 4.90 Å². The number of pyridine rings is 1. The van der Waals surface area contributed by atoms with Crippen molar-refractivity contribution < 1.29 is 13.2 Å². The molecule has 1 aromatic carbocycles. The van der Waals surface area contributed by atoms with Gasteiger partial charge in [-0.05, 0) is 24.3 Å². The summed E-state index contributed by atoms with van der Waals surface area (Å²) in [6.07, 6.45) is -1.01. The van der Waals surface area contributed by atoms with Crippen molar-refractivity contribution >= 4 is 46.5 Å². The van der Waals surface area contributed by atoms with Gasteiger partial charge in [0, 0.05) is 36.9 Å². The summed E-state index contributed by atoms with van der Waals surface area (Å²) in [5, 5.41) is 0.413. The van der Waals surface area contributed by atoms with Gasteiger partial charge >= 0.3 is 6.18 Å². The van der Waals surface area contributed by atoms with Gasteiger partial charge in [0.15, 0.2) is 0 Å². The van der Waals surface area contributed by atoms with Crippen molar-refractivity contribution in [2.24, 2.45) is 4.99 Å². The number of hydrogen-bond donors (Lipinski definition) is 0. The van der Waals surface area contributed by atoms with Crippen molar-refractivity contribution in [1.82, 2.24) is 9.88 Å². The second kappa shape index (κ2) is 8.29. The molecule has 9 heteroatoms. The van der Waals surface area contributed by atoms with Crippen LogP contribution in [-0.4, -0.2) is 41.7 Å². The first-order valence-electron chi connectivity index (χ1n) is 7.02.